The molecule has 1 fully saturated rings. The third kappa shape index (κ3) is 2.92. The van der Waals surface area contributed by atoms with Gasteiger partial charge in [0.25, 0.3) is 0 Å². The minimum absolute atomic E-state index is 0.130. The highest BCUT2D eigenvalue weighted by atomic mass is 32.2. The van der Waals surface area contributed by atoms with Gasteiger partial charge in [-0.05, 0) is 13.3 Å². The summed E-state index contributed by atoms with van der Waals surface area (Å²) in [6, 6.07) is 0. The maximum atomic E-state index is 11.6. The van der Waals surface area contributed by atoms with Crippen LogP contribution in [-0.2, 0) is 10.0 Å². The van der Waals surface area contributed by atoms with Crippen LogP contribution in [-0.4, -0.2) is 47.6 Å². The van der Waals surface area contributed by atoms with Crippen molar-refractivity contribution < 1.29 is 13.2 Å². The van der Waals surface area contributed by atoms with E-state index in [4.69, 9.17) is 4.74 Å². The zero-order valence-corrected chi connectivity index (χ0v) is 10.4. The quantitative estimate of drug-likeness (QED) is 0.774. The maximum Gasteiger partial charge on any atom is 0.232 e. The van der Waals surface area contributed by atoms with Crippen molar-refractivity contribution in [2.24, 2.45) is 0 Å². The van der Waals surface area contributed by atoms with Crippen molar-refractivity contribution in [3.8, 4) is 5.88 Å². The number of aromatic nitrogens is 2. The van der Waals surface area contributed by atoms with Crippen LogP contribution in [0.4, 0.5) is 0 Å². The molecule has 17 heavy (non-hydrogen) atoms. The summed E-state index contributed by atoms with van der Waals surface area (Å²) in [6.45, 7) is 2.56. The molecule has 6 nitrogen and oxygen atoms in total. The van der Waals surface area contributed by atoms with Gasteiger partial charge in [-0.2, -0.15) is 4.31 Å². The lowest BCUT2D eigenvalue weighted by molar-refractivity contribution is 0.206. The molecule has 0 bridgehead atoms. The number of rotatable bonds is 4. The highest BCUT2D eigenvalue weighted by Crippen LogP contribution is 2.18. The van der Waals surface area contributed by atoms with Crippen LogP contribution in [0, 0.1) is 0 Å². The Hall–Kier alpha value is -1.21. The molecule has 2 rings (SSSR count). The van der Waals surface area contributed by atoms with Crippen LogP contribution in [0.15, 0.2) is 18.6 Å². The molecule has 0 aliphatic carbocycles. The monoisotopic (exact) mass is 257 g/mol. The Morgan fingerprint density at radius 1 is 1.53 bits per heavy atom. The summed E-state index contributed by atoms with van der Waals surface area (Å²) in [6.07, 6.45) is 5.19. The fourth-order valence-corrected chi connectivity index (χ4v) is 2.89. The van der Waals surface area contributed by atoms with Crippen molar-refractivity contribution in [1.29, 1.82) is 0 Å². The van der Waals surface area contributed by atoms with Crippen molar-refractivity contribution in [1.82, 2.24) is 14.3 Å². The predicted octanol–water partition coefficient (Wildman–Crippen LogP) is 0.279. The summed E-state index contributed by atoms with van der Waals surface area (Å²) >= 11 is 0. The first-order chi connectivity index (χ1) is 8.12. The van der Waals surface area contributed by atoms with Crippen molar-refractivity contribution in [2.45, 2.75) is 19.4 Å². The molecular formula is C10H15N3O3S. The van der Waals surface area contributed by atoms with E-state index in [9.17, 15) is 8.42 Å². The molecule has 1 aliphatic heterocycles. The van der Waals surface area contributed by atoms with Gasteiger partial charge < -0.3 is 4.74 Å². The zero-order chi connectivity index (χ0) is 12.3. The molecule has 0 N–H and O–H groups in total. The summed E-state index contributed by atoms with van der Waals surface area (Å²) in [7, 11) is -3.11. The van der Waals surface area contributed by atoms with Gasteiger partial charge in [0.05, 0.1) is 18.5 Å². The molecule has 1 aromatic rings. The molecule has 1 saturated heterocycles. The molecule has 7 heteroatoms. The minimum atomic E-state index is -3.11. The fraction of sp³-hybridized carbons (Fsp3) is 0.600. The number of hydrogen-bond donors (Lipinski definition) is 0. The number of nitrogens with zero attached hydrogens (tertiary/aromatic N) is 3. The second-order valence-electron chi connectivity index (χ2n) is 3.83. The summed E-state index contributed by atoms with van der Waals surface area (Å²) in [5.41, 5.74) is 0. The Labute approximate surface area is 101 Å². The van der Waals surface area contributed by atoms with Gasteiger partial charge in [0, 0.05) is 18.9 Å². The minimum Gasteiger partial charge on any atom is -0.472 e. The largest absolute Gasteiger partial charge is 0.472 e. The molecule has 2 heterocycles. The predicted molar refractivity (Wildman–Crippen MR) is 62.1 cm³/mol. The lowest BCUT2D eigenvalue weighted by atomic mass is 10.3. The number of ether oxygens (including phenoxy) is 1. The number of sulfonamides is 1. The highest BCUT2D eigenvalue weighted by molar-refractivity contribution is 7.89. The van der Waals surface area contributed by atoms with Crippen molar-refractivity contribution in [3.05, 3.63) is 18.6 Å². The average molecular weight is 257 g/mol. The van der Waals surface area contributed by atoms with E-state index in [2.05, 4.69) is 9.97 Å². The molecule has 1 aliphatic rings. The topological polar surface area (TPSA) is 72.4 Å². The summed E-state index contributed by atoms with van der Waals surface area (Å²) in [5.74, 6) is 0.568. The van der Waals surface area contributed by atoms with Gasteiger partial charge in [0.2, 0.25) is 15.9 Å². The highest BCUT2D eigenvalue weighted by Gasteiger charge is 2.31. The normalized spacial score (nSPS) is 21.6. The van der Waals surface area contributed by atoms with Crippen molar-refractivity contribution >= 4 is 10.0 Å². The lowest BCUT2D eigenvalue weighted by Gasteiger charge is -2.15. The van der Waals surface area contributed by atoms with Crippen LogP contribution in [0.1, 0.15) is 13.3 Å². The van der Waals surface area contributed by atoms with E-state index in [0.29, 0.717) is 25.4 Å². The Morgan fingerprint density at radius 3 is 3.00 bits per heavy atom. The van der Waals surface area contributed by atoms with Crippen LogP contribution >= 0.6 is 0 Å². The van der Waals surface area contributed by atoms with E-state index in [1.807, 2.05) is 0 Å². The lowest BCUT2D eigenvalue weighted by Crippen LogP contribution is -2.32. The second-order valence-corrected chi connectivity index (χ2v) is 6.09. The summed E-state index contributed by atoms with van der Waals surface area (Å²) in [4.78, 5) is 7.89. The zero-order valence-electron chi connectivity index (χ0n) is 9.61. The Bertz CT molecular complexity index is 463. The third-order valence-electron chi connectivity index (χ3n) is 2.69. The second kappa shape index (κ2) is 4.97. The van der Waals surface area contributed by atoms with Crippen LogP contribution in [0.5, 0.6) is 5.88 Å². The van der Waals surface area contributed by atoms with Crippen LogP contribution < -0.4 is 4.74 Å². The third-order valence-corrected chi connectivity index (χ3v) is 4.54. The molecule has 0 radical (unpaired) electrons. The fourth-order valence-electron chi connectivity index (χ4n) is 1.75. The van der Waals surface area contributed by atoms with E-state index in [0.717, 1.165) is 0 Å². The van der Waals surface area contributed by atoms with Gasteiger partial charge in [-0.25, -0.2) is 13.4 Å². The van der Waals surface area contributed by atoms with Crippen molar-refractivity contribution in [2.75, 3.05) is 18.8 Å². The Balaban J connectivity index is 1.95. The van der Waals surface area contributed by atoms with Gasteiger partial charge in [-0.1, -0.05) is 0 Å². The van der Waals surface area contributed by atoms with Gasteiger partial charge in [0.15, 0.2) is 0 Å². The van der Waals surface area contributed by atoms with Gasteiger partial charge in [0.1, 0.15) is 6.10 Å². The van der Waals surface area contributed by atoms with E-state index in [-0.39, 0.29) is 11.9 Å². The Morgan fingerprint density at radius 2 is 2.35 bits per heavy atom. The van der Waals surface area contributed by atoms with Crippen LogP contribution in [0.2, 0.25) is 0 Å². The van der Waals surface area contributed by atoms with Gasteiger partial charge in [-0.3, -0.25) is 4.98 Å². The molecule has 1 aromatic heterocycles. The molecular weight excluding hydrogens is 242 g/mol. The van der Waals surface area contributed by atoms with Gasteiger partial charge in [-0.15, -0.1) is 0 Å². The van der Waals surface area contributed by atoms with Crippen LogP contribution in [0.25, 0.3) is 0 Å². The molecule has 0 saturated carbocycles. The molecule has 0 spiro atoms. The molecule has 1 unspecified atom stereocenters. The van der Waals surface area contributed by atoms with E-state index in [1.54, 1.807) is 19.3 Å². The average Bonchev–Trinajstić information content (AvgIpc) is 2.80. The number of hydrogen-bond acceptors (Lipinski definition) is 5. The first-order valence-electron chi connectivity index (χ1n) is 5.52. The van der Waals surface area contributed by atoms with E-state index in [1.165, 1.54) is 10.5 Å². The summed E-state index contributed by atoms with van der Waals surface area (Å²) in [5, 5.41) is 0. The van der Waals surface area contributed by atoms with Crippen molar-refractivity contribution in [3.63, 3.8) is 0 Å². The molecule has 0 aromatic carbocycles. The maximum absolute atomic E-state index is 11.6. The smallest absolute Gasteiger partial charge is 0.232 e. The SMILES string of the molecule is CCS(=O)(=O)N1CCC(Oc2cnccn2)C1. The van der Waals surface area contributed by atoms with E-state index < -0.39 is 10.0 Å². The molecule has 0 amide bonds. The Kier molecular flexibility index (Phi) is 3.58. The van der Waals surface area contributed by atoms with Gasteiger partial charge >= 0.3 is 0 Å². The van der Waals surface area contributed by atoms with E-state index >= 15 is 0 Å². The molecule has 94 valence electrons. The van der Waals surface area contributed by atoms with Crippen LogP contribution in [0.3, 0.4) is 0 Å². The first-order valence-corrected chi connectivity index (χ1v) is 7.13. The molecule has 1 atom stereocenters. The first kappa shape index (κ1) is 12.3. The summed E-state index contributed by atoms with van der Waals surface area (Å²) < 4.78 is 30.3. The standard InChI is InChI=1S/C10H15N3O3S/c1-2-17(14,15)13-6-3-9(8-13)16-10-7-11-4-5-12-10/h4-5,7,9H,2-3,6,8H2,1H3.